The largest absolute Gasteiger partial charge is 0.497 e. The van der Waals surface area contributed by atoms with E-state index in [0.29, 0.717) is 24.4 Å². The van der Waals surface area contributed by atoms with Crippen LogP contribution < -0.4 is 4.74 Å². The van der Waals surface area contributed by atoms with Crippen molar-refractivity contribution >= 4 is 20.9 Å². The number of para-hydroxylation sites is 1. The molecule has 0 unspecified atom stereocenters. The Labute approximate surface area is 175 Å². The molecule has 3 heterocycles. The average Bonchev–Trinajstić information content (AvgIpc) is 3.27. The number of pyridine rings is 1. The van der Waals surface area contributed by atoms with E-state index < -0.39 is 16.1 Å². The van der Waals surface area contributed by atoms with Crippen LogP contribution in [0.5, 0.6) is 5.75 Å². The molecular weight excluding hydrogens is 398 g/mol. The van der Waals surface area contributed by atoms with E-state index in [4.69, 9.17) is 4.74 Å². The third-order valence-electron chi connectivity index (χ3n) is 5.59. The maximum atomic E-state index is 13.9. The monoisotopic (exact) mass is 419 g/mol. The van der Waals surface area contributed by atoms with Gasteiger partial charge in [-0.3, -0.25) is 4.98 Å². The van der Waals surface area contributed by atoms with Gasteiger partial charge in [-0.1, -0.05) is 30.3 Å². The highest BCUT2D eigenvalue weighted by Gasteiger charge is 2.38. The minimum Gasteiger partial charge on any atom is -0.497 e. The third kappa shape index (κ3) is 2.98. The molecule has 0 saturated carbocycles. The molecule has 1 aliphatic heterocycles. The summed E-state index contributed by atoms with van der Waals surface area (Å²) in [6, 6.07) is 20.1. The lowest BCUT2D eigenvalue weighted by Crippen LogP contribution is -2.42. The second-order valence-corrected chi connectivity index (χ2v) is 9.11. The second-order valence-electron chi connectivity index (χ2n) is 7.25. The molecule has 0 saturated heterocycles. The summed E-state index contributed by atoms with van der Waals surface area (Å²) in [7, 11) is -2.20. The van der Waals surface area contributed by atoms with Gasteiger partial charge in [0.2, 0.25) is 10.0 Å². The van der Waals surface area contributed by atoms with Gasteiger partial charge in [0.1, 0.15) is 10.6 Å². The highest BCUT2D eigenvalue weighted by atomic mass is 32.2. The molecule has 1 atom stereocenters. The van der Waals surface area contributed by atoms with E-state index in [1.54, 1.807) is 29.7 Å². The van der Waals surface area contributed by atoms with Gasteiger partial charge in [-0.05, 0) is 42.0 Å². The van der Waals surface area contributed by atoms with Crippen LogP contribution in [-0.4, -0.2) is 35.9 Å². The second kappa shape index (κ2) is 7.27. The van der Waals surface area contributed by atoms with E-state index in [2.05, 4.69) is 9.55 Å². The van der Waals surface area contributed by atoms with Crippen LogP contribution in [0.3, 0.4) is 0 Å². The van der Waals surface area contributed by atoms with Gasteiger partial charge in [-0.2, -0.15) is 4.31 Å². The molecule has 0 aliphatic carbocycles. The normalized spacial score (nSPS) is 17.0. The Balaban J connectivity index is 1.70. The van der Waals surface area contributed by atoms with Crippen molar-refractivity contribution in [2.45, 2.75) is 17.5 Å². The van der Waals surface area contributed by atoms with Crippen LogP contribution in [0, 0.1) is 0 Å². The number of nitrogens with zero attached hydrogens (tertiary/aromatic N) is 3. The number of methoxy groups -OCH3 is 1. The number of benzene rings is 2. The van der Waals surface area contributed by atoms with Crippen molar-refractivity contribution in [1.29, 1.82) is 0 Å². The van der Waals surface area contributed by atoms with E-state index in [0.717, 1.165) is 16.6 Å². The summed E-state index contributed by atoms with van der Waals surface area (Å²) in [5.74, 6) is 0.695. The predicted molar refractivity (Wildman–Crippen MR) is 115 cm³/mol. The number of hydrogen-bond donors (Lipinski definition) is 0. The summed E-state index contributed by atoms with van der Waals surface area (Å²) in [6.45, 7) is 0.968. The van der Waals surface area contributed by atoms with Gasteiger partial charge in [0.15, 0.2) is 0 Å². The molecule has 0 amide bonds. The fraction of sp³-hybridized carbons (Fsp3) is 0.174. The lowest BCUT2D eigenvalue weighted by Gasteiger charge is -2.36. The number of sulfonamides is 1. The topological polar surface area (TPSA) is 64.4 Å². The zero-order chi connectivity index (χ0) is 20.7. The van der Waals surface area contributed by atoms with E-state index >= 15 is 0 Å². The Morgan fingerprint density at radius 3 is 2.70 bits per heavy atom. The minimum absolute atomic E-state index is 0.230. The molecule has 1 aliphatic rings. The molecule has 0 radical (unpaired) electrons. The van der Waals surface area contributed by atoms with E-state index in [9.17, 15) is 8.42 Å². The maximum absolute atomic E-state index is 13.9. The smallest absolute Gasteiger partial charge is 0.246 e. The summed E-state index contributed by atoms with van der Waals surface area (Å²) in [5, 5.41) is 0.803. The highest BCUT2D eigenvalue weighted by molar-refractivity contribution is 7.89. The van der Waals surface area contributed by atoms with Crippen LogP contribution in [0.15, 0.2) is 84.0 Å². The molecule has 4 aromatic rings. The number of hydrogen-bond acceptors (Lipinski definition) is 4. The molecule has 0 fully saturated rings. The molecule has 0 bridgehead atoms. The summed E-state index contributed by atoms with van der Waals surface area (Å²) in [5.41, 5.74) is 2.29. The Bertz CT molecular complexity index is 1330. The SMILES string of the molecule is COc1cccc([C@H]2c3cccn3CCN2S(=O)(=O)c2cccc3cccnc23)c1. The van der Waals surface area contributed by atoms with Crippen molar-refractivity contribution in [1.82, 2.24) is 13.9 Å². The maximum Gasteiger partial charge on any atom is 0.246 e. The fourth-order valence-corrected chi connectivity index (χ4v) is 5.93. The molecule has 5 rings (SSSR count). The molecule has 6 nitrogen and oxygen atoms in total. The molecule has 30 heavy (non-hydrogen) atoms. The van der Waals surface area contributed by atoms with Gasteiger partial charge in [-0.15, -0.1) is 0 Å². The third-order valence-corrected chi connectivity index (χ3v) is 7.48. The van der Waals surface area contributed by atoms with Crippen LogP contribution >= 0.6 is 0 Å². The number of fused-ring (bicyclic) bond motifs is 2. The molecule has 0 N–H and O–H groups in total. The summed E-state index contributed by atoms with van der Waals surface area (Å²) in [4.78, 5) is 4.60. The molecule has 7 heteroatoms. The first-order chi connectivity index (χ1) is 14.6. The fourth-order valence-electron chi connectivity index (χ4n) is 4.18. The van der Waals surface area contributed by atoms with Gasteiger partial charge in [0.25, 0.3) is 0 Å². The van der Waals surface area contributed by atoms with Gasteiger partial charge < -0.3 is 9.30 Å². The molecule has 2 aromatic carbocycles. The predicted octanol–water partition coefficient (Wildman–Crippen LogP) is 3.84. The molecule has 2 aromatic heterocycles. The highest BCUT2D eigenvalue weighted by Crippen LogP contribution is 2.38. The van der Waals surface area contributed by atoms with Gasteiger partial charge >= 0.3 is 0 Å². The quantitative estimate of drug-likeness (QED) is 0.504. The van der Waals surface area contributed by atoms with Crippen molar-refractivity contribution in [3.05, 3.63) is 90.4 Å². The van der Waals surface area contributed by atoms with Gasteiger partial charge in [0.05, 0.1) is 18.7 Å². The summed E-state index contributed by atoms with van der Waals surface area (Å²) >= 11 is 0. The van der Waals surface area contributed by atoms with Crippen LogP contribution in [0.1, 0.15) is 17.3 Å². The zero-order valence-electron chi connectivity index (χ0n) is 16.5. The van der Waals surface area contributed by atoms with Crippen LogP contribution in [0.25, 0.3) is 10.9 Å². The Hall–Kier alpha value is -3.16. The lowest BCUT2D eigenvalue weighted by atomic mass is 10.0. The molecule has 0 spiro atoms. The average molecular weight is 420 g/mol. The first-order valence-corrected chi connectivity index (χ1v) is 11.2. The summed E-state index contributed by atoms with van der Waals surface area (Å²) < 4.78 is 36.9. The first-order valence-electron chi connectivity index (χ1n) is 9.74. The Kier molecular flexibility index (Phi) is 4.56. The molecule has 152 valence electrons. The van der Waals surface area contributed by atoms with Gasteiger partial charge in [-0.25, -0.2) is 8.42 Å². The summed E-state index contributed by atoms with van der Waals surface area (Å²) in [6.07, 6.45) is 3.62. The Morgan fingerprint density at radius 1 is 1.00 bits per heavy atom. The van der Waals surface area contributed by atoms with E-state index in [1.807, 2.05) is 60.8 Å². The zero-order valence-corrected chi connectivity index (χ0v) is 17.3. The molecular formula is C23H21N3O3S. The standard InChI is InChI=1S/C23H21N3O3S/c1-29-19-9-2-7-18(16-19)23-20-10-5-13-25(20)14-15-26(23)30(27,28)21-11-3-6-17-8-4-12-24-22(17)21/h2-13,16,23H,14-15H2,1H3/t23-/m0/s1. The first kappa shape index (κ1) is 18.8. The van der Waals surface area contributed by atoms with Crippen LogP contribution in [-0.2, 0) is 16.6 Å². The van der Waals surface area contributed by atoms with E-state index in [1.165, 1.54) is 0 Å². The van der Waals surface area contributed by atoms with Crippen molar-refractivity contribution < 1.29 is 13.2 Å². The van der Waals surface area contributed by atoms with Crippen molar-refractivity contribution in [2.24, 2.45) is 0 Å². The Morgan fingerprint density at radius 2 is 1.83 bits per heavy atom. The van der Waals surface area contributed by atoms with Crippen molar-refractivity contribution in [3.63, 3.8) is 0 Å². The van der Waals surface area contributed by atoms with Crippen molar-refractivity contribution in [3.8, 4) is 5.75 Å². The number of ether oxygens (including phenoxy) is 1. The van der Waals surface area contributed by atoms with Gasteiger partial charge in [0, 0.05) is 36.6 Å². The number of rotatable bonds is 4. The lowest BCUT2D eigenvalue weighted by molar-refractivity contribution is 0.298. The van der Waals surface area contributed by atoms with Crippen LogP contribution in [0.2, 0.25) is 0 Å². The number of aromatic nitrogens is 2. The minimum atomic E-state index is -3.81. The van der Waals surface area contributed by atoms with E-state index in [-0.39, 0.29) is 4.90 Å². The van der Waals surface area contributed by atoms with Crippen LogP contribution in [0.4, 0.5) is 0 Å². The van der Waals surface area contributed by atoms with Crippen molar-refractivity contribution in [2.75, 3.05) is 13.7 Å².